The standard InChI is InChI=1S/C42H51Cl2N2O2/c1-27-9-17-34-32(25-27)41(3,4)36(45(34)21-23-47-7)19-15-30-13-11-29-12-14-31(40(44)38(29)39(30)43)16-20-37-42(5,6)33-26-28(2)10-18-35(33)46(37)22-24-48-8/h9-10,15-20,25-26,29H,11-14,21-24H2,1-8H3/q+1. The summed E-state index contributed by atoms with van der Waals surface area (Å²) >= 11 is 14.6. The zero-order valence-corrected chi connectivity index (χ0v) is 31.5. The Bertz CT molecular complexity index is 1800. The van der Waals surface area contributed by atoms with Crippen molar-refractivity contribution in [2.24, 2.45) is 5.92 Å². The zero-order chi connectivity index (χ0) is 34.4. The third-order valence-electron chi connectivity index (χ3n) is 11.0. The molecule has 0 saturated heterocycles. The van der Waals surface area contributed by atoms with Crippen LogP contribution in [-0.4, -0.2) is 50.8 Å². The van der Waals surface area contributed by atoms with E-state index in [9.17, 15) is 0 Å². The molecule has 2 aliphatic heterocycles. The summed E-state index contributed by atoms with van der Waals surface area (Å²) in [6, 6.07) is 13.5. The van der Waals surface area contributed by atoms with Gasteiger partial charge in [0.2, 0.25) is 5.69 Å². The fraction of sp³-hybridized carbons (Fsp3) is 0.452. The highest BCUT2D eigenvalue weighted by Gasteiger charge is 2.44. The first-order chi connectivity index (χ1) is 22.9. The van der Waals surface area contributed by atoms with Crippen molar-refractivity contribution in [3.8, 4) is 0 Å². The second kappa shape index (κ2) is 13.8. The summed E-state index contributed by atoms with van der Waals surface area (Å²) in [4.78, 5) is 2.41. The van der Waals surface area contributed by atoms with E-state index >= 15 is 0 Å². The van der Waals surface area contributed by atoms with E-state index in [1.807, 2.05) is 0 Å². The van der Waals surface area contributed by atoms with Crippen LogP contribution in [0.1, 0.15) is 75.6 Å². The Morgan fingerprint density at radius 1 is 0.833 bits per heavy atom. The van der Waals surface area contributed by atoms with Gasteiger partial charge in [0.05, 0.1) is 12.0 Å². The molecule has 2 aromatic carbocycles. The van der Waals surface area contributed by atoms with E-state index in [1.165, 1.54) is 45.0 Å². The van der Waals surface area contributed by atoms with Crippen molar-refractivity contribution in [3.63, 3.8) is 0 Å². The van der Waals surface area contributed by atoms with Crippen molar-refractivity contribution in [1.29, 1.82) is 0 Å². The minimum absolute atomic E-state index is 0.134. The van der Waals surface area contributed by atoms with Crippen LogP contribution in [0.5, 0.6) is 0 Å². The van der Waals surface area contributed by atoms with E-state index in [0.29, 0.717) is 19.1 Å². The summed E-state index contributed by atoms with van der Waals surface area (Å²) in [5, 5.41) is 1.65. The molecule has 0 radical (unpaired) electrons. The van der Waals surface area contributed by atoms with Gasteiger partial charge in [0.25, 0.3) is 0 Å². The lowest BCUT2D eigenvalue weighted by atomic mass is 9.76. The molecule has 6 heteroatoms. The van der Waals surface area contributed by atoms with Crippen molar-refractivity contribution >= 4 is 40.3 Å². The number of methoxy groups -OCH3 is 2. The van der Waals surface area contributed by atoms with Gasteiger partial charge in [0.15, 0.2) is 12.3 Å². The number of fused-ring (bicyclic) bond motifs is 3. The van der Waals surface area contributed by atoms with Crippen molar-refractivity contribution < 1.29 is 14.0 Å². The molecular formula is C42H51Cl2N2O2+. The smallest absolute Gasteiger partial charge is 0.209 e. The number of allylic oxidation sites excluding steroid dienone is 10. The van der Waals surface area contributed by atoms with Crippen molar-refractivity contribution in [3.05, 3.63) is 115 Å². The second-order valence-corrected chi connectivity index (χ2v) is 15.6. The Hall–Kier alpha value is -2.89. The third kappa shape index (κ3) is 6.19. The third-order valence-corrected chi connectivity index (χ3v) is 11.9. The molecular weight excluding hydrogens is 635 g/mol. The molecule has 1 unspecified atom stereocenters. The first kappa shape index (κ1) is 35.0. The van der Waals surface area contributed by atoms with E-state index in [-0.39, 0.29) is 10.8 Å². The van der Waals surface area contributed by atoms with Crippen LogP contribution in [0.25, 0.3) is 0 Å². The monoisotopic (exact) mass is 685 g/mol. The lowest BCUT2D eigenvalue weighted by Crippen LogP contribution is -2.29. The van der Waals surface area contributed by atoms with E-state index in [4.69, 9.17) is 32.7 Å². The number of anilines is 1. The molecule has 254 valence electrons. The van der Waals surface area contributed by atoms with Crippen LogP contribution < -0.4 is 4.90 Å². The van der Waals surface area contributed by atoms with E-state index in [1.54, 1.807) is 14.2 Å². The number of nitrogens with zero attached hydrogens (tertiary/aromatic N) is 2. The number of aryl methyl sites for hydroxylation is 2. The van der Waals surface area contributed by atoms with Gasteiger partial charge >= 0.3 is 0 Å². The number of ether oxygens (including phenoxy) is 2. The number of halogens is 2. The molecule has 1 atom stereocenters. The lowest BCUT2D eigenvalue weighted by molar-refractivity contribution is -0.441. The number of hydrogen-bond acceptors (Lipinski definition) is 3. The highest BCUT2D eigenvalue weighted by molar-refractivity contribution is 6.37. The second-order valence-electron chi connectivity index (χ2n) is 14.9. The maximum Gasteiger partial charge on any atom is 0.209 e. The van der Waals surface area contributed by atoms with E-state index in [2.05, 4.69) is 112 Å². The Labute approximate surface area is 298 Å². The van der Waals surface area contributed by atoms with E-state index < -0.39 is 0 Å². The average molecular weight is 687 g/mol. The summed E-state index contributed by atoms with van der Waals surface area (Å²) in [6.45, 7) is 16.5. The summed E-state index contributed by atoms with van der Waals surface area (Å²) in [5.74, 6) is 0.390. The average Bonchev–Trinajstić information content (AvgIpc) is 3.39. The van der Waals surface area contributed by atoms with Gasteiger partial charge in [-0.25, -0.2) is 0 Å². The van der Waals surface area contributed by atoms with Gasteiger partial charge in [-0.15, -0.1) is 0 Å². The highest BCUT2D eigenvalue weighted by Crippen LogP contribution is 2.50. The zero-order valence-electron chi connectivity index (χ0n) is 30.0. The summed E-state index contributed by atoms with van der Waals surface area (Å²) in [6.07, 6.45) is 13.1. The topological polar surface area (TPSA) is 24.7 Å². The van der Waals surface area contributed by atoms with Gasteiger partial charge in [0.1, 0.15) is 6.61 Å². The molecule has 2 heterocycles. The first-order valence-corrected chi connectivity index (χ1v) is 18.2. The summed E-state index contributed by atoms with van der Waals surface area (Å²) in [5.41, 5.74) is 13.5. The van der Waals surface area contributed by atoms with Gasteiger partial charge in [-0.2, -0.15) is 4.58 Å². The largest absolute Gasteiger partial charge is 0.383 e. The van der Waals surface area contributed by atoms with E-state index in [0.717, 1.165) is 65.6 Å². The summed E-state index contributed by atoms with van der Waals surface area (Å²) < 4.78 is 13.4. The fourth-order valence-electron chi connectivity index (χ4n) is 8.21. The van der Waals surface area contributed by atoms with Gasteiger partial charge in [0, 0.05) is 65.3 Å². The Morgan fingerprint density at radius 3 is 2.25 bits per heavy atom. The van der Waals surface area contributed by atoms with Crippen LogP contribution in [0.15, 0.2) is 93.2 Å². The van der Waals surface area contributed by atoms with Crippen LogP contribution in [-0.2, 0) is 20.3 Å². The van der Waals surface area contributed by atoms with Crippen LogP contribution >= 0.6 is 23.2 Å². The maximum atomic E-state index is 7.31. The molecule has 4 aliphatic rings. The molecule has 6 rings (SSSR count). The molecule has 0 aromatic heterocycles. The Balaban J connectivity index is 1.35. The lowest BCUT2D eigenvalue weighted by Gasteiger charge is -2.32. The molecule has 0 bridgehead atoms. The summed E-state index contributed by atoms with van der Waals surface area (Å²) in [7, 11) is 3.53. The fourth-order valence-corrected chi connectivity index (χ4v) is 9.07. The van der Waals surface area contributed by atoms with Crippen LogP contribution in [0.4, 0.5) is 11.4 Å². The van der Waals surface area contributed by atoms with Crippen molar-refractivity contribution in [2.45, 2.75) is 78.1 Å². The van der Waals surface area contributed by atoms with Gasteiger partial charge in [-0.1, -0.05) is 78.5 Å². The quantitative estimate of drug-likeness (QED) is 0.246. The van der Waals surface area contributed by atoms with Crippen LogP contribution in [0.2, 0.25) is 0 Å². The molecule has 0 amide bonds. The maximum absolute atomic E-state index is 7.31. The van der Waals surface area contributed by atoms with Crippen molar-refractivity contribution in [2.75, 3.05) is 45.4 Å². The Morgan fingerprint density at radius 2 is 1.52 bits per heavy atom. The minimum atomic E-state index is -0.134. The normalized spacial score (nSPS) is 23.2. The van der Waals surface area contributed by atoms with Crippen molar-refractivity contribution in [1.82, 2.24) is 0 Å². The molecule has 0 fully saturated rings. The molecule has 2 aromatic rings. The molecule has 0 spiro atoms. The molecule has 4 nitrogen and oxygen atoms in total. The number of benzene rings is 2. The minimum Gasteiger partial charge on any atom is -0.383 e. The Kier molecular flexibility index (Phi) is 10.0. The van der Waals surface area contributed by atoms with Gasteiger partial charge in [-0.3, -0.25) is 0 Å². The number of hydrogen-bond donors (Lipinski definition) is 0. The van der Waals surface area contributed by atoms with Crippen LogP contribution in [0, 0.1) is 19.8 Å². The number of rotatable bonds is 9. The molecule has 0 N–H and O–H groups in total. The molecule has 48 heavy (non-hydrogen) atoms. The first-order valence-electron chi connectivity index (χ1n) is 17.4. The SMILES string of the molecule is COCCN1/C(=C/C=C2\CCC3CCC(/C=C/C4=[N+](CCOC)c5ccc(C)cc5C4(C)C)=C(Cl)C3=C2Cl)C(C)(C)c2cc(C)ccc21. The molecule has 0 saturated carbocycles. The van der Waals surface area contributed by atoms with Crippen LogP contribution in [0.3, 0.4) is 0 Å². The molecule has 2 aliphatic carbocycles. The predicted octanol–water partition coefficient (Wildman–Crippen LogP) is 10.3. The highest BCUT2D eigenvalue weighted by atomic mass is 35.5. The predicted molar refractivity (Wildman–Crippen MR) is 202 cm³/mol. The van der Waals surface area contributed by atoms with Gasteiger partial charge < -0.3 is 14.4 Å². The van der Waals surface area contributed by atoms with Gasteiger partial charge in [-0.05, 0) is 99.8 Å².